The van der Waals surface area contributed by atoms with Gasteiger partial charge in [-0.3, -0.25) is 5.14 Å². The molecule has 0 aliphatic carbocycles. The number of nitrogens with two attached hydrogens (primary N) is 1. The van der Waals surface area contributed by atoms with E-state index >= 15 is 0 Å². The van der Waals surface area contributed by atoms with Crippen LogP contribution < -0.4 is 10.0 Å². The maximum Gasteiger partial charge on any atom is 0.419 e. The number of ether oxygens (including phenoxy) is 1. The van der Waals surface area contributed by atoms with Crippen LogP contribution in [0.3, 0.4) is 0 Å². The summed E-state index contributed by atoms with van der Waals surface area (Å²) in [4.78, 5) is 11.7. The first-order valence-corrected chi connectivity index (χ1v) is 12.2. The van der Waals surface area contributed by atoms with E-state index in [0.29, 0.717) is 32.1 Å². The number of benzene rings is 2. The lowest BCUT2D eigenvalue weighted by Crippen LogP contribution is -2.44. The SMILES string of the molecule is Cn1nc(-c2cc(C(F)(F)F)c(F)c(O)c2F)c2cnc(N3CCO[C@@H](Cc4cccc(SN)c4)C3)nc21. The summed E-state index contributed by atoms with van der Waals surface area (Å²) < 4.78 is 75.7. The lowest BCUT2D eigenvalue weighted by molar-refractivity contribution is -0.140. The third kappa shape index (κ3) is 4.86. The van der Waals surface area contributed by atoms with Gasteiger partial charge < -0.3 is 14.7 Å². The highest BCUT2D eigenvalue weighted by molar-refractivity contribution is 7.97. The molecule has 1 atom stereocenters. The van der Waals surface area contributed by atoms with E-state index in [1.165, 1.54) is 17.9 Å². The molecule has 2 aromatic carbocycles. The molecule has 2 aromatic heterocycles. The highest BCUT2D eigenvalue weighted by atomic mass is 32.2. The van der Waals surface area contributed by atoms with Crippen molar-refractivity contribution in [2.75, 3.05) is 24.6 Å². The predicted molar refractivity (Wildman–Crippen MR) is 130 cm³/mol. The molecule has 1 aliphatic rings. The van der Waals surface area contributed by atoms with Crippen molar-refractivity contribution >= 4 is 28.9 Å². The van der Waals surface area contributed by atoms with Crippen molar-refractivity contribution < 1.29 is 31.8 Å². The van der Waals surface area contributed by atoms with Gasteiger partial charge in [-0.2, -0.15) is 23.3 Å². The number of hydrogen-bond acceptors (Lipinski definition) is 8. The van der Waals surface area contributed by atoms with Crippen LogP contribution in [0.5, 0.6) is 5.75 Å². The van der Waals surface area contributed by atoms with E-state index in [2.05, 4.69) is 15.1 Å². The molecular weight excluding hydrogens is 531 g/mol. The Morgan fingerprint density at radius 2 is 2.00 bits per heavy atom. The molecule has 1 fully saturated rings. The fraction of sp³-hybridized carbons (Fsp3) is 0.292. The Bertz CT molecular complexity index is 1510. The highest BCUT2D eigenvalue weighted by Crippen LogP contribution is 2.41. The van der Waals surface area contributed by atoms with Gasteiger partial charge in [-0.25, -0.2) is 18.4 Å². The molecule has 5 rings (SSSR count). The number of hydrogen-bond donors (Lipinski definition) is 2. The number of phenols is 1. The molecule has 200 valence electrons. The van der Waals surface area contributed by atoms with Gasteiger partial charge >= 0.3 is 6.18 Å². The van der Waals surface area contributed by atoms with Gasteiger partial charge in [-0.05, 0) is 35.7 Å². The third-order valence-electron chi connectivity index (χ3n) is 6.23. The van der Waals surface area contributed by atoms with Crippen molar-refractivity contribution in [3.63, 3.8) is 0 Å². The first-order valence-electron chi connectivity index (χ1n) is 11.4. The molecule has 1 aliphatic heterocycles. The number of alkyl halides is 3. The van der Waals surface area contributed by atoms with Crippen LogP contribution in [0.4, 0.5) is 27.9 Å². The van der Waals surface area contributed by atoms with E-state index in [1.54, 1.807) is 0 Å². The second kappa shape index (κ2) is 10.0. The lowest BCUT2D eigenvalue weighted by atomic mass is 10.0. The number of halogens is 5. The average Bonchev–Trinajstić information content (AvgIpc) is 3.22. The summed E-state index contributed by atoms with van der Waals surface area (Å²) in [7, 11) is 1.49. The van der Waals surface area contributed by atoms with Gasteiger partial charge in [-0.1, -0.05) is 12.1 Å². The summed E-state index contributed by atoms with van der Waals surface area (Å²) in [5, 5.41) is 19.6. The number of rotatable bonds is 5. The molecule has 8 nitrogen and oxygen atoms in total. The maximum absolute atomic E-state index is 14.7. The van der Waals surface area contributed by atoms with Crippen LogP contribution in [0.25, 0.3) is 22.3 Å². The highest BCUT2D eigenvalue weighted by Gasteiger charge is 2.38. The van der Waals surface area contributed by atoms with Gasteiger partial charge in [0, 0.05) is 43.2 Å². The minimum absolute atomic E-state index is 0.134. The minimum Gasteiger partial charge on any atom is -0.503 e. The minimum atomic E-state index is -5.16. The van der Waals surface area contributed by atoms with E-state index in [1.807, 2.05) is 29.2 Å². The molecule has 0 amide bonds. The van der Waals surface area contributed by atoms with E-state index < -0.39 is 34.7 Å². The summed E-state index contributed by atoms with van der Waals surface area (Å²) in [6, 6.07) is 8.09. The van der Waals surface area contributed by atoms with Gasteiger partial charge in [-0.15, -0.1) is 0 Å². The van der Waals surface area contributed by atoms with Crippen molar-refractivity contribution in [1.29, 1.82) is 0 Å². The average molecular weight is 553 g/mol. The summed E-state index contributed by atoms with van der Waals surface area (Å²) in [6.07, 6.45) is -3.35. The number of aromatic nitrogens is 4. The molecule has 1 saturated heterocycles. The second-order valence-corrected chi connectivity index (χ2v) is 9.44. The van der Waals surface area contributed by atoms with Crippen LogP contribution in [0, 0.1) is 11.6 Å². The van der Waals surface area contributed by atoms with Crippen LogP contribution in [-0.4, -0.2) is 50.7 Å². The van der Waals surface area contributed by atoms with E-state index in [0.717, 1.165) is 22.4 Å². The summed E-state index contributed by atoms with van der Waals surface area (Å²) in [5.74, 6) is -5.05. The third-order valence-corrected chi connectivity index (χ3v) is 6.75. The Hall–Kier alpha value is -3.49. The van der Waals surface area contributed by atoms with Crippen molar-refractivity contribution in [2.24, 2.45) is 12.2 Å². The smallest absolute Gasteiger partial charge is 0.419 e. The summed E-state index contributed by atoms with van der Waals surface area (Å²) >= 11 is 1.16. The Morgan fingerprint density at radius 1 is 1.21 bits per heavy atom. The van der Waals surface area contributed by atoms with Crippen LogP contribution in [0.1, 0.15) is 11.1 Å². The van der Waals surface area contributed by atoms with Crippen molar-refractivity contribution in [3.05, 3.63) is 59.3 Å². The molecular formula is C24H21F5N6O2S. The summed E-state index contributed by atoms with van der Waals surface area (Å²) in [5.41, 5.74) is -1.51. The Balaban J connectivity index is 1.46. The quantitative estimate of drug-likeness (QED) is 0.277. The predicted octanol–water partition coefficient (Wildman–Crippen LogP) is 4.45. The van der Waals surface area contributed by atoms with Crippen LogP contribution in [0.15, 0.2) is 41.4 Å². The topological polar surface area (TPSA) is 102 Å². The Kier molecular flexibility index (Phi) is 6.88. The number of phenolic OH excluding ortho intramolecular Hbond substituents is 1. The molecule has 14 heteroatoms. The number of nitrogens with zero attached hydrogens (tertiary/aromatic N) is 5. The molecule has 38 heavy (non-hydrogen) atoms. The number of aryl methyl sites for hydroxylation is 1. The van der Waals surface area contributed by atoms with Crippen molar-refractivity contribution in [1.82, 2.24) is 19.7 Å². The molecule has 0 radical (unpaired) electrons. The maximum atomic E-state index is 14.7. The first-order chi connectivity index (χ1) is 18.1. The molecule has 3 heterocycles. The van der Waals surface area contributed by atoms with Crippen LogP contribution in [0.2, 0.25) is 0 Å². The van der Waals surface area contributed by atoms with E-state index in [-0.39, 0.29) is 28.9 Å². The van der Waals surface area contributed by atoms with Crippen LogP contribution in [-0.2, 0) is 24.4 Å². The van der Waals surface area contributed by atoms with Gasteiger partial charge in [0.25, 0.3) is 0 Å². The zero-order valence-electron chi connectivity index (χ0n) is 19.8. The van der Waals surface area contributed by atoms with E-state index in [4.69, 9.17) is 9.88 Å². The van der Waals surface area contributed by atoms with Crippen molar-refractivity contribution in [2.45, 2.75) is 23.6 Å². The largest absolute Gasteiger partial charge is 0.503 e. The number of anilines is 1. The number of morpholine rings is 1. The molecule has 0 saturated carbocycles. The summed E-state index contributed by atoms with van der Waals surface area (Å²) in [6.45, 7) is 1.40. The monoisotopic (exact) mass is 552 g/mol. The first kappa shape index (κ1) is 26.1. The van der Waals surface area contributed by atoms with Gasteiger partial charge in [0.15, 0.2) is 23.0 Å². The molecule has 3 N–H and O–H groups in total. The molecule has 0 spiro atoms. The zero-order chi connectivity index (χ0) is 27.2. The number of fused-ring (bicyclic) bond motifs is 1. The molecule has 4 aromatic rings. The van der Waals surface area contributed by atoms with Crippen molar-refractivity contribution in [3.8, 4) is 17.0 Å². The fourth-order valence-electron chi connectivity index (χ4n) is 4.41. The fourth-order valence-corrected chi connectivity index (χ4v) is 4.79. The lowest BCUT2D eigenvalue weighted by Gasteiger charge is -2.33. The number of aromatic hydroxyl groups is 1. The second-order valence-electron chi connectivity index (χ2n) is 8.73. The zero-order valence-corrected chi connectivity index (χ0v) is 20.7. The van der Waals surface area contributed by atoms with Gasteiger partial charge in [0.2, 0.25) is 5.95 Å². The van der Waals surface area contributed by atoms with Crippen LogP contribution >= 0.6 is 11.9 Å². The van der Waals surface area contributed by atoms with Gasteiger partial charge in [0.05, 0.1) is 23.7 Å². The normalized spacial score (nSPS) is 16.4. The molecule has 0 unspecified atom stereocenters. The Labute approximate surface area is 217 Å². The molecule has 0 bridgehead atoms. The van der Waals surface area contributed by atoms with Gasteiger partial charge in [0.1, 0.15) is 5.69 Å². The Morgan fingerprint density at radius 3 is 2.74 bits per heavy atom. The standard InChI is InChI=1S/C24H21F5N6O2S/c1-34-22-16(20(33-34)15-9-17(24(27,28)29)19(26)21(36)18(15)25)10-31-23(32-22)35-5-6-37-13(11-35)7-12-3-2-4-14(8-12)38-30/h2-4,8-10,13,36H,5-7,11,30H2,1H3/t13-/m0/s1. The van der Waals surface area contributed by atoms with E-state index in [9.17, 15) is 27.1 Å².